The fraction of sp³-hybridized carbons (Fsp3) is 0.353. The fourth-order valence-corrected chi connectivity index (χ4v) is 2.95. The van der Waals surface area contributed by atoms with Crippen LogP contribution in [0.3, 0.4) is 0 Å². The van der Waals surface area contributed by atoms with Gasteiger partial charge in [0.05, 0.1) is 11.8 Å². The fourth-order valence-electron chi connectivity index (χ4n) is 2.95. The van der Waals surface area contributed by atoms with E-state index in [1.54, 1.807) is 0 Å². The summed E-state index contributed by atoms with van der Waals surface area (Å²) in [6.07, 6.45) is -3.71. The molecule has 2 heterocycles. The number of aromatic nitrogens is 5. The lowest BCUT2D eigenvalue weighted by molar-refractivity contribution is -0.143. The average Bonchev–Trinajstić information content (AvgIpc) is 3.13. The van der Waals surface area contributed by atoms with E-state index in [4.69, 9.17) is 4.74 Å². The van der Waals surface area contributed by atoms with Gasteiger partial charge in [-0.3, -0.25) is 4.68 Å². The molecule has 2 aromatic heterocycles. The second-order valence-corrected chi connectivity index (χ2v) is 6.75. The normalized spacial score (nSPS) is 12.5. The van der Waals surface area contributed by atoms with Crippen LogP contribution in [0.25, 0.3) is 11.4 Å². The van der Waals surface area contributed by atoms with Crippen molar-refractivity contribution in [3.8, 4) is 17.1 Å². The van der Waals surface area contributed by atoms with Gasteiger partial charge in [-0.1, -0.05) is 0 Å². The molecule has 0 saturated heterocycles. The molecule has 1 aromatic carbocycles. The minimum atomic E-state index is -4.70. The third kappa shape index (κ3) is 3.66. The molecule has 156 valence electrons. The Bertz CT molecular complexity index is 1050. The Morgan fingerprint density at radius 3 is 2.10 bits per heavy atom. The van der Waals surface area contributed by atoms with Crippen LogP contribution in [0.5, 0.6) is 5.75 Å². The van der Waals surface area contributed by atoms with Gasteiger partial charge in [0, 0.05) is 26.2 Å². The Morgan fingerprint density at radius 1 is 0.966 bits per heavy atom. The SMILES string of the molecule is Cn1ncc(-c2nnc(C(C)(C)Oc3c(F)cc(F)cc3F)n2C)c1C(F)(F)F. The van der Waals surface area contributed by atoms with Gasteiger partial charge in [-0.2, -0.15) is 18.3 Å². The quantitative estimate of drug-likeness (QED) is 0.601. The summed E-state index contributed by atoms with van der Waals surface area (Å²) in [7, 11) is 2.51. The number of hydrogen-bond acceptors (Lipinski definition) is 4. The molecule has 0 aliphatic heterocycles. The minimum absolute atomic E-state index is 0.0207. The highest BCUT2D eigenvalue weighted by atomic mass is 19.4. The monoisotopic (exact) mass is 419 g/mol. The molecule has 0 amide bonds. The lowest BCUT2D eigenvalue weighted by Gasteiger charge is -2.26. The van der Waals surface area contributed by atoms with Crippen LogP contribution in [0, 0.1) is 17.5 Å². The predicted octanol–water partition coefficient (Wildman–Crippen LogP) is 3.97. The Morgan fingerprint density at radius 2 is 1.55 bits per heavy atom. The molecule has 3 aromatic rings. The van der Waals surface area contributed by atoms with Crippen LogP contribution < -0.4 is 4.74 Å². The average molecular weight is 419 g/mol. The van der Waals surface area contributed by atoms with Crippen molar-refractivity contribution in [2.75, 3.05) is 0 Å². The number of hydrogen-bond donors (Lipinski definition) is 0. The summed E-state index contributed by atoms with van der Waals surface area (Å²) < 4.78 is 88.2. The summed E-state index contributed by atoms with van der Waals surface area (Å²) in [6.45, 7) is 2.77. The van der Waals surface area contributed by atoms with Crippen LogP contribution in [0.4, 0.5) is 26.3 Å². The minimum Gasteiger partial charge on any atom is -0.474 e. The number of benzene rings is 1. The third-order valence-corrected chi connectivity index (χ3v) is 4.18. The van der Waals surface area contributed by atoms with Crippen LogP contribution in [0.1, 0.15) is 25.4 Å². The number of rotatable bonds is 4. The van der Waals surface area contributed by atoms with E-state index in [1.807, 2.05) is 0 Å². The van der Waals surface area contributed by atoms with E-state index < -0.39 is 40.7 Å². The number of alkyl halides is 3. The largest absolute Gasteiger partial charge is 0.474 e. The zero-order chi connectivity index (χ0) is 21.7. The molecule has 0 radical (unpaired) electrons. The van der Waals surface area contributed by atoms with Gasteiger partial charge in [0.25, 0.3) is 0 Å². The van der Waals surface area contributed by atoms with Gasteiger partial charge in [0.15, 0.2) is 40.3 Å². The molecule has 29 heavy (non-hydrogen) atoms. The zero-order valence-corrected chi connectivity index (χ0v) is 15.6. The maximum atomic E-state index is 13.9. The first-order valence-corrected chi connectivity index (χ1v) is 8.16. The highest BCUT2D eigenvalue weighted by molar-refractivity contribution is 5.59. The molecular weight excluding hydrogens is 404 g/mol. The third-order valence-electron chi connectivity index (χ3n) is 4.18. The molecule has 0 N–H and O–H groups in total. The van der Waals surface area contributed by atoms with Crippen molar-refractivity contribution in [3.63, 3.8) is 0 Å². The molecule has 3 rings (SSSR count). The van der Waals surface area contributed by atoms with Crippen LogP contribution in [0.15, 0.2) is 18.3 Å². The van der Waals surface area contributed by atoms with Crippen molar-refractivity contribution >= 4 is 0 Å². The Kier molecular flexibility index (Phi) is 4.83. The van der Waals surface area contributed by atoms with Crippen molar-refractivity contribution in [2.45, 2.75) is 25.6 Å². The smallest absolute Gasteiger partial charge is 0.433 e. The Labute approximate surface area is 160 Å². The molecule has 0 unspecified atom stereocenters. The maximum absolute atomic E-state index is 13.9. The van der Waals surface area contributed by atoms with Gasteiger partial charge in [0.2, 0.25) is 0 Å². The molecule has 0 bridgehead atoms. The second kappa shape index (κ2) is 6.78. The van der Waals surface area contributed by atoms with Gasteiger partial charge in [-0.15, -0.1) is 10.2 Å². The lowest BCUT2D eigenvalue weighted by Crippen LogP contribution is -2.30. The second-order valence-electron chi connectivity index (χ2n) is 6.75. The molecule has 0 spiro atoms. The van der Waals surface area contributed by atoms with Crippen molar-refractivity contribution in [1.82, 2.24) is 24.5 Å². The standard InChI is InChI=1S/C17H15F6N5O/c1-16(2,29-12-10(19)5-8(18)6-11(12)20)15-26-25-14(27(15)3)9-7-24-28(4)13(9)17(21,22)23/h5-7H,1-4H3. The molecule has 12 heteroatoms. The topological polar surface area (TPSA) is 57.8 Å². The lowest BCUT2D eigenvalue weighted by atomic mass is 10.1. The highest BCUT2D eigenvalue weighted by Crippen LogP contribution is 2.37. The van der Waals surface area contributed by atoms with E-state index in [0.29, 0.717) is 16.8 Å². The molecule has 0 atom stereocenters. The molecular formula is C17H15F6N5O. The number of nitrogens with zero attached hydrogens (tertiary/aromatic N) is 5. The Hall–Kier alpha value is -3.05. The predicted molar refractivity (Wildman–Crippen MR) is 88.2 cm³/mol. The van der Waals surface area contributed by atoms with Gasteiger partial charge in [-0.25, -0.2) is 13.2 Å². The first-order chi connectivity index (χ1) is 13.3. The number of halogens is 6. The van der Waals surface area contributed by atoms with Crippen LogP contribution >= 0.6 is 0 Å². The summed E-state index contributed by atoms with van der Waals surface area (Å²) in [5.41, 5.74) is -2.88. The molecule has 0 aliphatic carbocycles. The van der Waals surface area contributed by atoms with E-state index in [0.717, 1.165) is 13.2 Å². The molecule has 0 fully saturated rings. The van der Waals surface area contributed by atoms with E-state index in [1.165, 1.54) is 25.5 Å². The van der Waals surface area contributed by atoms with Gasteiger partial charge >= 0.3 is 6.18 Å². The molecule has 6 nitrogen and oxygen atoms in total. The van der Waals surface area contributed by atoms with E-state index >= 15 is 0 Å². The number of aryl methyl sites for hydroxylation is 1. The van der Waals surface area contributed by atoms with E-state index in [-0.39, 0.29) is 17.2 Å². The summed E-state index contributed by atoms with van der Waals surface area (Å²) >= 11 is 0. The van der Waals surface area contributed by atoms with Gasteiger partial charge in [0.1, 0.15) is 5.82 Å². The molecule has 0 aliphatic rings. The van der Waals surface area contributed by atoms with Crippen LogP contribution in [-0.4, -0.2) is 24.5 Å². The van der Waals surface area contributed by atoms with Crippen molar-refractivity contribution < 1.29 is 31.1 Å². The van der Waals surface area contributed by atoms with Crippen LogP contribution in [0.2, 0.25) is 0 Å². The Balaban J connectivity index is 2.04. The van der Waals surface area contributed by atoms with E-state index in [9.17, 15) is 26.3 Å². The van der Waals surface area contributed by atoms with Gasteiger partial charge in [-0.05, 0) is 13.8 Å². The summed E-state index contributed by atoms with van der Waals surface area (Å²) in [5.74, 6) is -4.71. The summed E-state index contributed by atoms with van der Waals surface area (Å²) in [4.78, 5) is 0. The molecule has 0 saturated carbocycles. The van der Waals surface area contributed by atoms with Crippen molar-refractivity contribution in [1.29, 1.82) is 0 Å². The summed E-state index contributed by atoms with van der Waals surface area (Å²) in [6, 6.07) is 0.893. The summed E-state index contributed by atoms with van der Waals surface area (Å²) in [5, 5.41) is 11.2. The van der Waals surface area contributed by atoms with E-state index in [2.05, 4.69) is 15.3 Å². The first kappa shape index (κ1) is 20.7. The van der Waals surface area contributed by atoms with Gasteiger partial charge < -0.3 is 9.30 Å². The zero-order valence-electron chi connectivity index (χ0n) is 15.6. The van der Waals surface area contributed by atoms with Crippen molar-refractivity contribution in [3.05, 3.63) is 47.3 Å². The van der Waals surface area contributed by atoms with Crippen LogP contribution in [-0.2, 0) is 25.9 Å². The highest BCUT2D eigenvalue weighted by Gasteiger charge is 2.40. The number of ether oxygens (including phenoxy) is 1. The maximum Gasteiger partial charge on any atom is 0.433 e. The first-order valence-electron chi connectivity index (χ1n) is 8.16. The van der Waals surface area contributed by atoms with Crippen molar-refractivity contribution in [2.24, 2.45) is 14.1 Å².